The monoisotopic (exact) mass is 350 g/mol. The van der Waals surface area contributed by atoms with Gasteiger partial charge >= 0.3 is 0 Å². The third kappa shape index (κ3) is 5.70. The van der Waals surface area contributed by atoms with Crippen molar-refractivity contribution in [3.63, 3.8) is 0 Å². The minimum Gasteiger partial charge on any atom is -0.353 e. The molecule has 0 spiro atoms. The molecule has 0 saturated carbocycles. The molecule has 1 heterocycles. The molecule has 0 aromatic heterocycles. The number of nitrogens with one attached hydrogen (secondary N) is 2. The van der Waals surface area contributed by atoms with E-state index in [1.54, 1.807) is 0 Å². The standard InChI is InChI=1S/C23H30N2O/c1-18-17-24-13-12-22(18)25-23(26)16-21(14-19-8-4-2-5-9-19)15-20-10-6-3-7-11-20/h2-11,18,21-22,24H,12-17H2,1H3,(H,25,26). The van der Waals surface area contributed by atoms with Gasteiger partial charge in [0.05, 0.1) is 0 Å². The summed E-state index contributed by atoms with van der Waals surface area (Å²) in [6.45, 7) is 4.19. The maximum Gasteiger partial charge on any atom is 0.220 e. The van der Waals surface area contributed by atoms with Crippen LogP contribution >= 0.6 is 0 Å². The fourth-order valence-electron chi connectivity index (χ4n) is 3.87. The molecule has 0 bridgehead atoms. The van der Waals surface area contributed by atoms with Gasteiger partial charge in [-0.2, -0.15) is 0 Å². The van der Waals surface area contributed by atoms with Crippen molar-refractivity contribution in [2.75, 3.05) is 13.1 Å². The van der Waals surface area contributed by atoms with E-state index in [1.165, 1.54) is 11.1 Å². The molecule has 3 rings (SSSR count). The van der Waals surface area contributed by atoms with Gasteiger partial charge in [0.15, 0.2) is 0 Å². The molecule has 0 radical (unpaired) electrons. The van der Waals surface area contributed by atoms with E-state index >= 15 is 0 Å². The molecule has 1 saturated heterocycles. The zero-order chi connectivity index (χ0) is 18.2. The number of carbonyl (C=O) groups is 1. The highest BCUT2D eigenvalue weighted by atomic mass is 16.1. The maximum atomic E-state index is 12.7. The smallest absolute Gasteiger partial charge is 0.220 e. The Morgan fingerprint density at radius 3 is 2.15 bits per heavy atom. The van der Waals surface area contributed by atoms with Crippen molar-refractivity contribution < 1.29 is 4.79 Å². The number of carbonyl (C=O) groups excluding carboxylic acids is 1. The van der Waals surface area contributed by atoms with Crippen LogP contribution in [0.15, 0.2) is 60.7 Å². The molecule has 1 aliphatic rings. The average molecular weight is 351 g/mol. The summed E-state index contributed by atoms with van der Waals surface area (Å²) in [6.07, 6.45) is 3.48. The lowest BCUT2D eigenvalue weighted by Gasteiger charge is -2.30. The third-order valence-corrected chi connectivity index (χ3v) is 5.34. The molecular formula is C23H30N2O. The largest absolute Gasteiger partial charge is 0.353 e. The summed E-state index contributed by atoms with van der Waals surface area (Å²) in [5.41, 5.74) is 2.60. The highest BCUT2D eigenvalue weighted by molar-refractivity contribution is 5.76. The van der Waals surface area contributed by atoms with Crippen LogP contribution in [-0.4, -0.2) is 25.0 Å². The van der Waals surface area contributed by atoms with Crippen molar-refractivity contribution in [3.8, 4) is 0 Å². The van der Waals surface area contributed by atoms with E-state index in [1.807, 2.05) is 12.1 Å². The Morgan fingerprint density at radius 1 is 1.04 bits per heavy atom. The first-order valence-corrected chi connectivity index (χ1v) is 9.78. The van der Waals surface area contributed by atoms with Crippen LogP contribution in [0.3, 0.4) is 0 Å². The summed E-state index contributed by atoms with van der Waals surface area (Å²) < 4.78 is 0. The highest BCUT2D eigenvalue weighted by Crippen LogP contribution is 2.19. The molecule has 26 heavy (non-hydrogen) atoms. The second-order valence-corrected chi connectivity index (χ2v) is 7.59. The summed E-state index contributed by atoms with van der Waals surface area (Å²) in [4.78, 5) is 12.7. The van der Waals surface area contributed by atoms with E-state index in [4.69, 9.17) is 0 Å². The van der Waals surface area contributed by atoms with Gasteiger partial charge < -0.3 is 10.6 Å². The third-order valence-electron chi connectivity index (χ3n) is 5.34. The van der Waals surface area contributed by atoms with Crippen molar-refractivity contribution >= 4 is 5.91 Å². The lowest BCUT2D eigenvalue weighted by molar-refractivity contribution is -0.123. The van der Waals surface area contributed by atoms with E-state index in [-0.39, 0.29) is 5.91 Å². The second-order valence-electron chi connectivity index (χ2n) is 7.59. The Hall–Kier alpha value is -2.13. The first-order valence-electron chi connectivity index (χ1n) is 9.78. The van der Waals surface area contributed by atoms with Crippen LogP contribution in [0.4, 0.5) is 0 Å². The van der Waals surface area contributed by atoms with Gasteiger partial charge in [-0.1, -0.05) is 67.6 Å². The van der Waals surface area contributed by atoms with Gasteiger partial charge in [0.1, 0.15) is 0 Å². The molecule has 0 aliphatic carbocycles. The second kappa shape index (κ2) is 9.54. The number of piperidine rings is 1. The van der Waals surface area contributed by atoms with Gasteiger partial charge in [-0.15, -0.1) is 0 Å². The fraction of sp³-hybridized carbons (Fsp3) is 0.435. The summed E-state index contributed by atoms with van der Waals surface area (Å²) in [7, 11) is 0. The van der Waals surface area contributed by atoms with Crippen molar-refractivity contribution in [1.82, 2.24) is 10.6 Å². The van der Waals surface area contributed by atoms with Crippen LogP contribution < -0.4 is 10.6 Å². The number of benzene rings is 2. The molecule has 138 valence electrons. The molecule has 2 atom stereocenters. The van der Waals surface area contributed by atoms with Crippen LogP contribution in [0.1, 0.15) is 30.9 Å². The Morgan fingerprint density at radius 2 is 1.62 bits per heavy atom. The van der Waals surface area contributed by atoms with Gasteiger partial charge in [-0.25, -0.2) is 0 Å². The van der Waals surface area contributed by atoms with Crippen molar-refractivity contribution in [2.24, 2.45) is 11.8 Å². The molecule has 1 fully saturated rings. The quantitative estimate of drug-likeness (QED) is 0.801. The molecule has 1 amide bonds. The lowest BCUT2D eigenvalue weighted by atomic mass is 9.89. The van der Waals surface area contributed by atoms with Crippen molar-refractivity contribution in [2.45, 2.75) is 38.6 Å². The normalized spacial score (nSPS) is 20.1. The van der Waals surface area contributed by atoms with Gasteiger partial charge in [0, 0.05) is 12.5 Å². The molecule has 3 nitrogen and oxygen atoms in total. The molecule has 2 aromatic carbocycles. The fourth-order valence-corrected chi connectivity index (χ4v) is 3.87. The molecule has 2 aromatic rings. The van der Waals surface area contributed by atoms with E-state index in [9.17, 15) is 4.79 Å². The Kier molecular flexibility index (Phi) is 6.84. The first-order chi connectivity index (χ1) is 12.7. The zero-order valence-corrected chi connectivity index (χ0v) is 15.7. The van der Waals surface area contributed by atoms with Crippen LogP contribution in [-0.2, 0) is 17.6 Å². The van der Waals surface area contributed by atoms with Gasteiger partial charge in [0.25, 0.3) is 0 Å². The Balaban J connectivity index is 1.63. The van der Waals surface area contributed by atoms with Crippen LogP contribution in [0.25, 0.3) is 0 Å². The molecule has 2 N–H and O–H groups in total. The Labute approximate surface area is 157 Å². The molecule has 3 heteroatoms. The van der Waals surface area contributed by atoms with Gasteiger partial charge in [-0.3, -0.25) is 4.79 Å². The van der Waals surface area contributed by atoms with E-state index < -0.39 is 0 Å². The summed E-state index contributed by atoms with van der Waals surface area (Å²) in [5.74, 6) is 1.01. The van der Waals surface area contributed by atoms with Crippen LogP contribution in [0.5, 0.6) is 0 Å². The zero-order valence-electron chi connectivity index (χ0n) is 15.7. The van der Waals surface area contributed by atoms with Gasteiger partial charge in [0.2, 0.25) is 5.91 Å². The average Bonchev–Trinajstić information content (AvgIpc) is 2.65. The molecule has 1 aliphatic heterocycles. The SMILES string of the molecule is CC1CNCCC1NC(=O)CC(Cc1ccccc1)Cc1ccccc1. The summed E-state index contributed by atoms with van der Waals surface area (Å²) in [5, 5.41) is 6.68. The van der Waals surface area contributed by atoms with E-state index in [0.717, 1.165) is 32.4 Å². The highest BCUT2D eigenvalue weighted by Gasteiger charge is 2.24. The van der Waals surface area contributed by atoms with E-state index in [0.29, 0.717) is 24.3 Å². The summed E-state index contributed by atoms with van der Waals surface area (Å²) >= 11 is 0. The summed E-state index contributed by atoms with van der Waals surface area (Å²) in [6, 6.07) is 21.3. The minimum atomic E-state index is 0.195. The molecular weight excluding hydrogens is 320 g/mol. The van der Waals surface area contributed by atoms with Crippen LogP contribution in [0.2, 0.25) is 0 Å². The van der Waals surface area contributed by atoms with Crippen molar-refractivity contribution in [3.05, 3.63) is 71.8 Å². The lowest BCUT2D eigenvalue weighted by Crippen LogP contribution is -2.48. The topological polar surface area (TPSA) is 41.1 Å². The van der Waals surface area contributed by atoms with Crippen LogP contribution in [0, 0.1) is 11.8 Å². The maximum absolute atomic E-state index is 12.7. The van der Waals surface area contributed by atoms with Crippen molar-refractivity contribution in [1.29, 1.82) is 0 Å². The predicted molar refractivity (Wildman–Crippen MR) is 107 cm³/mol. The van der Waals surface area contributed by atoms with E-state index in [2.05, 4.69) is 66.1 Å². The number of rotatable bonds is 7. The van der Waals surface area contributed by atoms with Gasteiger partial charge in [-0.05, 0) is 55.3 Å². The first kappa shape index (κ1) is 18.7. The minimum absolute atomic E-state index is 0.195. The number of hydrogen-bond acceptors (Lipinski definition) is 2. The number of amides is 1. The molecule has 2 unspecified atom stereocenters. The predicted octanol–water partition coefficient (Wildman–Crippen LogP) is 3.59. The Bertz CT molecular complexity index is 630. The number of hydrogen-bond donors (Lipinski definition) is 2.